The van der Waals surface area contributed by atoms with Gasteiger partial charge in [0.2, 0.25) is 0 Å². The SMILES string of the molecule is CCCCCCOP(=O)(OC#N)OCCCCCC. The van der Waals surface area contributed by atoms with Gasteiger partial charge in [-0.1, -0.05) is 52.4 Å². The van der Waals surface area contributed by atoms with Crippen LogP contribution in [0.3, 0.4) is 0 Å². The van der Waals surface area contributed by atoms with Crippen LogP contribution in [-0.4, -0.2) is 13.2 Å². The van der Waals surface area contributed by atoms with Crippen molar-refractivity contribution in [2.75, 3.05) is 13.2 Å². The van der Waals surface area contributed by atoms with Crippen LogP contribution in [-0.2, 0) is 18.1 Å². The number of hydrogen-bond acceptors (Lipinski definition) is 5. The molecule has 0 fully saturated rings. The van der Waals surface area contributed by atoms with Crippen molar-refractivity contribution < 1.29 is 18.1 Å². The zero-order valence-corrected chi connectivity index (χ0v) is 13.0. The molecule has 0 amide bonds. The molecule has 0 unspecified atom stereocenters. The van der Waals surface area contributed by atoms with E-state index in [-0.39, 0.29) is 0 Å². The third-order valence-corrected chi connectivity index (χ3v) is 3.95. The first kappa shape index (κ1) is 18.4. The largest absolute Gasteiger partial charge is 0.539 e. The van der Waals surface area contributed by atoms with Gasteiger partial charge in [0.15, 0.2) is 0 Å². The highest BCUT2D eigenvalue weighted by molar-refractivity contribution is 7.48. The number of phosphoric acid groups is 1. The summed E-state index contributed by atoms with van der Waals surface area (Å²) in [6.45, 7) is 4.83. The minimum atomic E-state index is -3.68. The fourth-order valence-electron chi connectivity index (χ4n) is 1.55. The molecule has 0 aliphatic rings. The topological polar surface area (TPSA) is 68.5 Å². The highest BCUT2D eigenvalue weighted by Crippen LogP contribution is 2.49. The van der Waals surface area contributed by atoms with Crippen LogP contribution >= 0.6 is 7.82 Å². The fourth-order valence-corrected chi connectivity index (χ4v) is 2.54. The zero-order chi connectivity index (χ0) is 14.4. The lowest BCUT2D eigenvalue weighted by atomic mass is 10.2. The van der Waals surface area contributed by atoms with E-state index >= 15 is 0 Å². The van der Waals surface area contributed by atoms with E-state index in [0.717, 1.165) is 51.4 Å². The molecule has 0 atom stereocenters. The van der Waals surface area contributed by atoms with Crippen LogP contribution in [0.5, 0.6) is 0 Å². The predicted octanol–water partition coefficient (Wildman–Crippen LogP) is 4.79. The van der Waals surface area contributed by atoms with Gasteiger partial charge < -0.3 is 4.52 Å². The molecule has 0 saturated carbocycles. The molecule has 0 N–H and O–H groups in total. The molecule has 0 aromatic heterocycles. The normalized spacial score (nSPS) is 11.2. The molecule has 0 radical (unpaired) electrons. The average molecular weight is 291 g/mol. The summed E-state index contributed by atoms with van der Waals surface area (Å²) in [4.78, 5) is 0. The summed E-state index contributed by atoms with van der Waals surface area (Å²) in [5.41, 5.74) is 0. The minimum Gasteiger partial charge on any atom is -0.328 e. The lowest BCUT2D eigenvalue weighted by molar-refractivity contribution is 0.142. The Morgan fingerprint density at radius 1 is 0.895 bits per heavy atom. The predicted molar refractivity (Wildman–Crippen MR) is 74.5 cm³/mol. The maximum absolute atomic E-state index is 12.0. The molecule has 0 heterocycles. The van der Waals surface area contributed by atoms with Gasteiger partial charge in [0.1, 0.15) is 0 Å². The van der Waals surface area contributed by atoms with Gasteiger partial charge in [-0.25, -0.2) is 4.57 Å². The third-order valence-electron chi connectivity index (χ3n) is 2.65. The van der Waals surface area contributed by atoms with Crippen LogP contribution in [0.2, 0.25) is 0 Å². The van der Waals surface area contributed by atoms with E-state index in [1.165, 1.54) is 6.26 Å². The van der Waals surface area contributed by atoms with Crippen molar-refractivity contribution in [1.82, 2.24) is 0 Å². The second kappa shape index (κ2) is 12.5. The Kier molecular flexibility index (Phi) is 12.1. The number of rotatable bonds is 13. The van der Waals surface area contributed by atoms with Crippen LogP contribution in [0.25, 0.3) is 0 Å². The van der Waals surface area contributed by atoms with Crippen molar-refractivity contribution in [3.05, 3.63) is 0 Å². The summed E-state index contributed by atoms with van der Waals surface area (Å²) in [6.07, 6.45) is 9.50. The van der Waals surface area contributed by atoms with Crippen molar-refractivity contribution >= 4 is 7.82 Å². The number of nitrogens with zero attached hydrogens (tertiary/aromatic N) is 1. The highest BCUT2D eigenvalue weighted by Gasteiger charge is 2.27. The molecule has 19 heavy (non-hydrogen) atoms. The molecule has 0 saturated heterocycles. The number of phosphoric ester groups is 1. The van der Waals surface area contributed by atoms with Gasteiger partial charge in [0, 0.05) is 0 Å². The minimum absolute atomic E-state index is 0.300. The Balaban J connectivity index is 3.84. The van der Waals surface area contributed by atoms with Crippen LogP contribution in [0.4, 0.5) is 0 Å². The van der Waals surface area contributed by atoms with E-state index in [1.54, 1.807) is 0 Å². The molecule has 112 valence electrons. The summed E-state index contributed by atoms with van der Waals surface area (Å²) in [6, 6.07) is 0. The van der Waals surface area contributed by atoms with Gasteiger partial charge in [0.05, 0.1) is 13.2 Å². The Bertz CT molecular complexity index is 273. The molecule has 0 bridgehead atoms. The van der Waals surface area contributed by atoms with E-state index in [0.29, 0.717) is 13.2 Å². The summed E-state index contributed by atoms with van der Waals surface area (Å²) in [5, 5.41) is 8.48. The quantitative estimate of drug-likeness (QED) is 0.277. The van der Waals surface area contributed by atoms with Crippen LogP contribution < -0.4 is 0 Å². The van der Waals surface area contributed by atoms with E-state index < -0.39 is 7.82 Å². The van der Waals surface area contributed by atoms with Gasteiger partial charge in [-0.2, -0.15) is 0 Å². The zero-order valence-electron chi connectivity index (χ0n) is 12.1. The number of hydrogen-bond donors (Lipinski definition) is 0. The van der Waals surface area contributed by atoms with Crippen molar-refractivity contribution in [2.45, 2.75) is 65.2 Å². The monoisotopic (exact) mass is 291 g/mol. The van der Waals surface area contributed by atoms with Crippen molar-refractivity contribution in [3.63, 3.8) is 0 Å². The van der Waals surface area contributed by atoms with E-state index in [4.69, 9.17) is 14.3 Å². The first-order valence-electron chi connectivity index (χ1n) is 7.15. The Hall–Kier alpha value is -0.560. The highest BCUT2D eigenvalue weighted by atomic mass is 31.2. The smallest absolute Gasteiger partial charge is 0.328 e. The first-order valence-corrected chi connectivity index (χ1v) is 8.61. The Morgan fingerprint density at radius 2 is 1.37 bits per heavy atom. The van der Waals surface area contributed by atoms with E-state index in [9.17, 15) is 4.57 Å². The Morgan fingerprint density at radius 3 is 1.74 bits per heavy atom. The average Bonchev–Trinajstić information content (AvgIpc) is 2.39. The lowest BCUT2D eigenvalue weighted by Gasteiger charge is -2.14. The molecule has 0 spiro atoms. The molecule has 5 nitrogen and oxygen atoms in total. The van der Waals surface area contributed by atoms with Crippen LogP contribution in [0.1, 0.15) is 65.2 Å². The molecule has 0 aromatic rings. The third kappa shape index (κ3) is 11.0. The molecule has 0 aromatic carbocycles. The Labute approximate surface area is 116 Å². The van der Waals surface area contributed by atoms with Gasteiger partial charge in [0.25, 0.3) is 6.26 Å². The van der Waals surface area contributed by atoms with Crippen molar-refractivity contribution in [3.8, 4) is 6.26 Å². The molecular weight excluding hydrogens is 265 g/mol. The molecule has 0 aliphatic heterocycles. The molecule has 0 rings (SSSR count). The lowest BCUT2D eigenvalue weighted by Crippen LogP contribution is -2.01. The van der Waals surface area contributed by atoms with Crippen LogP contribution in [0.15, 0.2) is 0 Å². The standard InChI is InChI=1S/C13H26NO4P/c1-3-5-7-9-11-16-19(15,18-13-14)17-12-10-8-6-4-2/h3-12H2,1-2H3. The first-order chi connectivity index (χ1) is 9.18. The number of unbranched alkanes of at least 4 members (excludes halogenated alkanes) is 6. The molecular formula is C13H26NO4P. The van der Waals surface area contributed by atoms with Gasteiger partial charge >= 0.3 is 7.82 Å². The molecule has 0 aliphatic carbocycles. The maximum atomic E-state index is 12.0. The van der Waals surface area contributed by atoms with E-state index in [2.05, 4.69) is 18.4 Å². The summed E-state index contributed by atoms with van der Waals surface area (Å²) < 4.78 is 26.7. The summed E-state index contributed by atoms with van der Waals surface area (Å²) in [7, 11) is -3.68. The van der Waals surface area contributed by atoms with Gasteiger partial charge in [-0.3, -0.25) is 9.05 Å². The van der Waals surface area contributed by atoms with Crippen LogP contribution in [0, 0.1) is 11.5 Å². The second-order valence-corrected chi connectivity index (χ2v) is 6.01. The van der Waals surface area contributed by atoms with Gasteiger partial charge in [-0.15, -0.1) is 5.26 Å². The summed E-state index contributed by atoms with van der Waals surface area (Å²) >= 11 is 0. The maximum Gasteiger partial charge on any atom is 0.539 e. The summed E-state index contributed by atoms with van der Waals surface area (Å²) in [5.74, 6) is 0. The second-order valence-electron chi connectivity index (χ2n) is 4.42. The van der Waals surface area contributed by atoms with Crippen molar-refractivity contribution in [2.24, 2.45) is 0 Å². The van der Waals surface area contributed by atoms with Gasteiger partial charge in [-0.05, 0) is 12.8 Å². The number of nitriles is 1. The van der Waals surface area contributed by atoms with Crippen molar-refractivity contribution in [1.29, 1.82) is 5.26 Å². The molecule has 6 heteroatoms. The fraction of sp³-hybridized carbons (Fsp3) is 0.923. The van der Waals surface area contributed by atoms with E-state index in [1.807, 2.05) is 0 Å².